The average molecular weight is 519 g/mol. The van der Waals surface area contributed by atoms with Crippen LogP contribution in [-0.4, -0.2) is 88.7 Å². The molecular weight excluding hydrogens is 485 g/mol. The van der Waals surface area contributed by atoms with E-state index in [1.165, 1.54) is 25.7 Å². The summed E-state index contributed by atoms with van der Waals surface area (Å²) in [6.45, 7) is 6.80. The summed E-state index contributed by atoms with van der Waals surface area (Å²) in [7, 11) is -0.902. The van der Waals surface area contributed by atoms with Crippen molar-refractivity contribution in [3.8, 4) is 0 Å². The predicted octanol–water partition coefficient (Wildman–Crippen LogP) is 0.499. The van der Waals surface area contributed by atoms with Gasteiger partial charge in [-0.1, -0.05) is 13.8 Å². The van der Waals surface area contributed by atoms with Gasteiger partial charge in [0.1, 0.15) is 19.3 Å². The molecule has 13 nitrogen and oxygen atoms in total. The third kappa shape index (κ3) is 7.35. The summed E-state index contributed by atoms with van der Waals surface area (Å²) in [5.41, 5.74) is -1.80. The van der Waals surface area contributed by atoms with Gasteiger partial charge in [-0.3, -0.25) is 23.7 Å². The molecule has 1 heterocycles. The highest BCUT2D eigenvalue weighted by atomic mass is 31.1. The number of rotatable bonds is 11. The van der Waals surface area contributed by atoms with Crippen LogP contribution in [0.15, 0.2) is 0 Å². The van der Waals surface area contributed by atoms with Crippen molar-refractivity contribution in [2.75, 3.05) is 26.3 Å². The minimum Gasteiger partial charge on any atom is -0.480 e. The summed E-state index contributed by atoms with van der Waals surface area (Å²) in [5, 5.41) is 22.9. The molecule has 3 atom stereocenters. The number of carboxylic acids is 1. The zero-order valence-electron chi connectivity index (χ0n) is 20.5. The molecule has 0 aromatic heterocycles. The summed E-state index contributed by atoms with van der Waals surface area (Å²) in [6.07, 6.45) is -1.29. The molecular formula is C21H34N3O10P. The Morgan fingerprint density at radius 2 is 1.57 bits per heavy atom. The van der Waals surface area contributed by atoms with E-state index in [4.69, 9.17) is 9.47 Å². The molecule has 0 aromatic rings. The smallest absolute Gasteiger partial charge is 0.407 e. The molecule has 1 aliphatic heterocycles. The van der Waals surface area contributed by atoms with Crippen LogP contribution in [0.5, 0.6) is 0 Å². The first kappa shape index (κ1) is 30.2. The number of nitrogens with one attached hydrogen (secondary N) is 2. The quantitative estimate of drug-likeness (QED) is 0.170. The number of amides is 3. The number of ether oxygens (including phenoxy) is 2. The number of aliphatic carboxylic acids is 1. The van der Waals surface area contributed by atoms with Crippen molar-refractivity contribution in [1.82, 2.24) is 15.5 Å². The second-order valence-electron chi connectivity index (χ2n) is 8.76. The maximum atomic E-state index is 13.3. The minimum atomic E-state index is -2.37. The predicted molar refractivity (Wildman–Crippen MR) is 121 cm³/mol. The van der Waals surface area contributed by atoms with Crippen molar-refractivity contribution in [1.29, 1.82) is 0 Å². The Morgan fingerprint density at radius 1 is 1.03 bits per heavy atom. The van der Waals surface area contributed by atoms with E-state index in [-0.39, 0.29) is 51.0 Å². The first-order valence-electron chi connectivity index (χ1n) is 11.2. The topological polar surface area (TPSA) is 189 Å². The van der Waals surface area contributed by atoms with Crippen molar-refractivity contribution < 1.29 is 48.2 Å². The highest BCUT2D eigenvalue weighted by molar-refractivity contribution is 7.26. The van der Waals surface area contributed by atoms with Gasteiger partial charge < -0.3 is 35.2 Å². The lowest BCUT2D eigenvalue weighted by molar-refractivity contribution is -0.156. The van der Waals surface area contributed by atoms with Crippen LogP contribution < -0.4 is 10.6 Å². The highest BCUT2D eigenvalue weighted by Crippen LogP contribution is 2.49. The van der Waals surface area contributed by atoms with Gasteiger partial charge in [0.25, 0.3) is 0 Å². The lowest BCUT2D eigenvalue weighted by Gasteiger charge is -2.49. The molecule has 0 aromatic carbocycles. The Morgan fingerprint density at radius 3 is 2.03 bits per heavy atom. The number of alkyl carbamates (subject to hydrolysis) is 1. The number of nitrogens with zero attached hydrogens (tertiary/aromatic N) is 1. The number of esters is 1. The molecule has 0 saturated carbocycles. The summed E-state index contributed by atoms with van der Waals surface area (Å²) >= 11 is 0. The first-order valence-corrected chi connectivity index (χ1v) is 12.0. The number of carbonyl (C=O) groups is 5. The Kier molecular flexibility index (Phi) is 11.0. The first-order chi connectivity index (χ1) is 16.2. The van der Waals surface area contributed by atoms with Crippen molar-refractivity contribution >= 4 is 38.3 Å². The van der Waals surface area contributed by atoms with Crippen molar-refractivity contribution in [2.45, 2.75) is 64.9 Å². The fourth-order valence-electron chi connectivity index (χ4n) is 3.71. The number of piperidine rings is 1. The number of carboxylic acid groups (broad SMARTS) is 1. The molecule has 0 spiro atoms. The molecule has 198 valence electrons. The normalized spacial score (nSPS) is 18.7. The molecule has 1 fully saturated rings. The summed E-state index contributed by atoms with van der Waals surface area (Å²) in [5.74, 6) is -3.26. The summed E-state index contributed by atoms with van der Waals surface area (Å²) < 4.78 is 22.1. The van der Waals surface area contributed by atoms with Gasteiger partial charge in [0, 0.05) is 20.0 Å². The maximum absolute atomic E-state index is 13.3. The van der Waals surface area contributed by atoms with Crippen LogP contribution in [0.4, 0.5) is 4.79 Å². The zero-order valence-corrected chi connectivity index (χ0v) is 21.4. The van der Waals surface area contributed by atoms with E-state index >= 15 is 0 Å². The number of likely N-dealkylation sites (tertiary alicyclic amines) is 1. The lowest BCUT2D eigenvalue weighted by Crippen LogP contribution is -2.66. The third-order valence-electron chi connectivity index (χ3n) is 6.03. The van der Waals surface area contributed by atoms with E-state index < -0.39 is 55.2 Å². The number of carbonyl (C=O) groups excluding carboxylic acids is 4. The van der Waals surface area contributed by atoms with Crippen LogP contribution in [0.1, 0.15) is 47.5 Å². The number of aliphatic hydroxyl groups is 1. The molecule has 1 aliphatic rings. The summed E-state index contributed by atoms with van der Waals surface area (Å²) in [4.78, 5) is 61.4. The van der Waals surface area contributed by atoms with Crippen LogP contribution in [0.2, 0.25) is 0 Å². The van der Waals surface area contributed by atoms with E-state index in [1.807, 2.05) is 0 Å². The van der Waals surface area contributed by atoms with Gasteiger partial charge in [-0.05, 0) is 26.7 Å². The molecule has 3 unspecified atom stereocenters. The van der Waals surface area contributed by atoms with Gasteiger partial charge in [0.15, 0.2) is 13.8 Å². The van der Waals surface area contributed by atoms with Gasteiger partial charge in [0.2, 0.25) is 11.8 Å². The van der Waals surface area contributed by atoms with Crippen molar-refractivity contribution in [3.05, 3.63) is 0 Å². The molecule has 0 radical (unpaired) electrons. The molecule has 4 N–H and O–H groups in total. The SMILES string of the molecule is CC(=O)N1CCC(C(=O)NC(C)C(=O)O)(C(O)(P=O)C(C)NC(=O)OCCOC(=O)C(C)C)CC1. The Bertz CT molecular complexity index is 828. The Labute approximate surface area is 205 Å². The molecule has 1 rings (SSSR count). The van der Waals surface area contributed by atoms with E-state index in [0.717, 1.165) is 0 Å². The molecule has 1 saturated heterocycles. The lowest BCUT2D eigenvalue weighted by atomic mass is 9.70. The molecule has 3 amide bonds. The van der Waals surface area contributed by atoms with Crippen LogP contribution in [-0.2, 0) is 33.2 Å². The monoisotopic (exact) mass is 519 g/mol. The maximum Gasteiger partial charge on any atom is 0.407 e. The van der Waals surface area contributed by atoms with Gasteiger partial charge in [-0.25, -0.2) is 4.79 Å². The van der Waals surface area contributed by atoms with Crippen molar-refractivity contribution in [3.63, 3.8) is 0 Å². The van der Waals surface area contributed by atoms with E-state index in [2.05, 4.69) is 10.6 Å². The van der Waals surface area contributed by atoms with E-state index in [9.17, 15) is 38.8 Å². The summed E-state index contributed by atoms with van der Waals surface area (Å²) in [6, 6.07) is -2.61. The standard InChI is InChI=1S/C21H34N3O10P/c1-12(2)17(28)33-10-11-34-19(30)23-14(4)21(31,35-32)20(18(29)22-13(3)16(26)27)6-8-24(9-7-20)15(5)25/h12-14,31H,6-11H2,1-5H3,(H,22,29)(H,23,30)(H,26,27). The van der Waals surface area contributed by atoms with Gasteiger partial charge >= 0.3 is 18.0 Å². The van der Waals surface area contributed by atoms with E-state index in [0.29, 0.717) is 0 Å². The molecule has 35 heavy (non-hydrogen) atoms. The Balaban J connectivity index is 3.05. The Hall–Kier alpha value is -2.79. The van der Waals surface area contributed by atoms with Crippen LogP contribution in [0, 0.1) is 11.3 Å². The van der Waals surface area contributed by atoms with Crippen molar-refractivity contribution in [2.24, 2.45) is 11.3 Å². The van der Waals surface area contributed by atoms with Gasteiger partial charge in [-0.2, -0.15) is 0 Å². The molecule has 14 heteroatoms. The van der Waals surface area contributed by atoms with Gasteiger partial charge in [0.05, 0.1) is 17.4 Å². The van der Waals surface area contributed by atoms with E-state index in [1.54, 1.807) is 13.8 Å². The van der Waals surface area contributed by atoms with Crippen LogP contribution in [0.25, 0.3) is 0 Å². The fourth-order valence-corrected chi connectivity index (χ4v) is 4.43. The zero-order chi connectivity index (χ0) is 27.0. The fraction of sp³-hybridized carbons (Fsp3) is 0.762. The van der Waals surface area contributed by atoms with Gasteiger partial charge in [-0.15, -0.1) is 0 Å². The average Bonchev–Trinajstić information content (AvgIpc) is 2.80. The van der Waals surface area contributed by atoms with Crippen LogP contribution >= 0.6 is 8.46 Å². The molecule has 0 bridgehead atoms. The largest absolute Gasteiger partial charge is 0.480 e. The minimum absolute atomic E-state index is 0.0421. The number of hydrogen-bond donors (Lipinski definition) is 4. The second kappa shape index (κ2) is 12.8. The highest BCUT2D eigenvalue weighted by Gasteiger charge is 2.61. The molecule has 0 aliphatic carbocycles. The second-order valence-corrected chi connectivity index (χ2v) is 9.63. The third-order valence-corrected chi connectivity index (χ3v) is 7.12. The number of hydrogen-bond acceptors (Lipinski definition) is 9. The van der Waals surface area contributed by atoms with Crippen LogP contribution in [0.3, 0.4) is 0 Å².